The topological polar surface area (TPSA) is 84.9 Å². The summed E-state index contributed by atoms with van der Waals surface area (Å²) in [6, 6.07) is 5.86. The molecule has 1 atom stereocenters. The molecule has 0 saturated heterocycles. The number of rotatable bonds is 9. The van der Waals surface area contributed by atoms with Gasteiger partial charge in [-0.3, -0.25) is 4.79 Å². The molecule has 6 heteroatoms. The minimum Gasteiger partial charge on any atom is -0.494 e. The summed E-state index contributed by atoms with van der Waals surface area (Å²) in [5.41, 5.74) is 2.37. The largest absolute Gasteiger partial charge is 0.494 e. The van der Waals surface area contributed by atoms with Gasteiger partial charge in [-0.05, 0) is 43.5 Å². The Morgan fingerprint density at radius 2 is 2.00 bits per heavy atom. The highest BCUT2D eigenvalue weighted by molar-refractivity contribution is 5.78. The van der Waals surface area contributed by atoms with Crippen LogP contribution in [0.3, 0.4) is 0 Å². The third-order valence-corrected chi connectivity index (χ3v) is 3.34. The summed E-state index contributed by atoms with van der Waals surface area (Å²) < 4.78 is 10.3. The van der Waals surface area contributed by atoms with Gasteiger partial charge in [-0.2, -0.15) is 0 Å². The number of hydrogen-bond donors (Lipinski definition) is 2. The van der Waals surface area contributed by atoms with Crippen LogP contribution in [0.5, 0.6) is 5.75 Å². The van der Waals surface area contributed by atoms with Crippen molar-refractivity contribution in [3.63, 3.8) is 0 Å². The fourth-order valence-corrected chi connectivity index (χ4v) is 1.79. The van der Waals surface area contributed by atoms with Crippen molar-refractivity contribution in [1.29, 1.82) is 0 Å². The number of carboxylic acids is 1. The first kappa shape index (κ1) is 18.0. The molecule has 0 aliphatic carbocycles. The Hall–Kier alpha value is -2.08. The van der Waals surface area contributed by atoms with Crippen molar-refractivity contribution in [2.75, 3.05) is 20.3 Å². The van der Waals surface area contributed by atoms with Gasteiger partial charge in [0, 0.05) is 13.5 Å². The number of methoxy groups -OCH3 is 1. The second-order valence-corrected chi connectivity index (χ2v) is 5.06. The third-order valence-electron chi connectivity index (χ3n) is 3.34. The van der Waals surface area contributed by atoms with Crippen LogP contribution in [-0.2, 0) is 14.3 Å². The lowest BCUT2D eigenvalue weighted by atomic mass is 10.1. The molecule has 1 amide bonds. The molecule has 0 aliphatic rings. The zero-order valence-electron chi connectivity index (χ0n) is 13.2. The summed E-state index contributed by atoms with van der Waals surface area (Å²) in [5, 5.41) is 11.3. The van der Waals surface area contributed by atoms with Crippen molar-refractivity contribution in [2.45, 2.75) is 32.8 Å². The van der Waals surface area contributed by atoms with E-state index in [1.165, 1.54) is 12.7 Å². The lowest BCUT2D eigenvalue weighted by Gasteiger charge is -2.12. The number of aryl methyl sites for hydroxylation is 2. The number of ether oxygens (including phenoxy) is 2. The van der Waals surface area contributed by atoms with Gasteiger partial charge >= 0.3 is 5.97 Å². The van der Waals surface area contributed by atoms with Gasteiger partial charge in [-0.25, -0.2) is 4.79 Å². The van der Waals surface area contributed by atoms with Crippen molar-refractivity contribution in [3.8, 4) is 5.75 Å². The first-order valence-electron chi connectivity index (χ1n) is 7.16. The Bertz CT molecular complexity index is 515. The van der Waals surface area contributed by atoms with Crippen LogP contribution in [0.2, 0.25) is 0 Å². The SMILES string of the molecule is COC(CNC(=O)CCCOc1ccc(C)c(C)c1)C(=O)O. The standard InChI is InChI=1S/C16H23NO5/c1-11-6-7-13(9-12(11)2)22-8-4-5-15(18)17-10-14(21-3)16(19)20/h6-7,9,14H,4-5,8,10H2,1-3H3,(H,17,18)(H,19,20). The Kier molecular flexibility index (Phi) is 7.39. The fourth-order valence-electron chi connectivity index (χ4n) is 1.79. The molecule has 0 fully saturated rings. The van der Waals surface area contributed by atoms with Gasteiger partial charge in [0.05, 0.1) is 13.2 Å². The molecule has 0 aliphatic heterocycles. The summed E-state index contributed by atoms with van der Waals surface area (Å²) >= 11 is 0. The Labute approximate surface area is 130 Å². The van der Waals surface area contributed by atoms with E-state index in [2.05, 4.69) is 5.32 Å². The zero-order valence-corrected chi connectivity index (χ0v) is 13.2. The summed E-state index contributed by atoms with van der Waals surface area (Å²) in [5.74, 6) is -0.526. The smallest absolute Gasteiger partial charge is 0.334 e. The minimum absolute atomic E-state index is 0.0390. The van der Waals surface area contributed by atoms with Crippen LogP contribution in [0.4, 0.5) is 0 Å². The zero-order chi connectivity index (χ0) is 16.5. The molecule has 0 bridgehead atoms. The maximum atomic E-state index is 11.6. The molecule has 6 nitrogen and oxygen atoms in total. The van der Waals surface area contributed by atoms with Crippen LogP contribution >= 0.6 is 0 Å². The predicted molar refractivity (Wildman–Crippen MR) is 82.1 cm³/mol. The van der Waals surface area contributed by atoms with Gasteiger partial charge in [0.15, 0.2) is 6.10 Å². The molecule has 1 unspecified atom stereocenters. The van der Waals surface area contributed by atoms with Crippen LogP contribution in [0, 0.1) is 13.8 Å². The molecule has 0 saturated carbocycles. The number of carbonyl (C=O) groups is 2. The highest BCUT2D eigenvalue weighted by Gasteiger charge is 2.16. The first-order valence-corrected chi connectivity index (χ1v) is 7.16. The van der Waals surface area contributed by atoms with Crippen LogP contribution < -0.4 is 10.1 Å². The van der Waals surface area contributed by atoms with Crippen molar-refractivity contribution in [3.05, 3.63) is 29.3 Å². The van der Waals surface area contributed by atoms with E-state index >= 15 is 0 Å². The summed E-state index contributed by atoms with van der Waals surface area (Å²) in [7, 11) is 1.29. The molecule has 1 aromatic carbocycles. The Morgan fingerprint density at radius 1 is 1.27 bits per heavy atom. The maximum Gasteiger partial charge on any atom is 0.334 e. The van der Waals surface area contributed by atoms with Gasteiger partial charge in [-0.15, -0.1) is 0 Å². The number of hydrogen-bond acceptors (Lipinski definition) is 4. The molecular weight excluding hydrogens is 286 g/mol. The predicted octanol–water partition coefficient (Wildman–Crippen LogP) is 1.68. The maximum absolute atomic E-state index is 11.6. The van der Waals surface area contributed by atoms with Gasteiger partial charge in [0.25, 0.3) is 0 Å². The minimum atomic E-state index is -1.10. The molecule has 0 heterocycles. The molecule has 2 N–H and O–H groups in total. The molecule has 0 radical (unpaired) electrons. The van der Waals surface area contributed by atoms with E-state index in [1.54, 1.807) is 0 Å². The number of amides is 1. The summed E-state index contributed by atoms with van der Waals surface area (Å²) in [6.07, 6.45) is -0.180. The van der Waals surface area contributed by atoms with Crippen molar-refractivity contribution in [1.82, 2.24) is 5.32 Å². The Balaban J connectivity index is 2.22. The number of aliphatic carboxylic acids is 1. The lowest BCUT2D eigenvalue weighted by molar-refractivity contribution is -0.148. The van der Waals surface area contributed by atoms with Crippen LogP contribution in [0.25, 0.3) is 0 Å². The van der Waals surface area contributed by atoms with E-state index in [4.69, 9.17) is 14.6 Å². The molecule has 1 aromatic rings. The number of carbonyl (C=O) groups excluding carboxylic acids is 1. The highest BCUT2D eigenvalue weighted by atomic mass is 16.5. The van der Waals surface area contributed by atoms with Crippen LogP contribution in [0.15, 0.2) is 18.2 Å². The highest BCUT2D eigenvalue weighted by Crippen LogP contribution is 2.16. The van der Waals surface area contributed by atoms with E-state index in [0.29, 0.717) is 13.0 Å². The van der Waals surface area contributed by atoms with E-state index in [9.17, 15) is 9.59 Å². The summed E-state index contributed by atoms with van der Waals surface area (Å²) in [4.78, 5) is 22.3. The van der Waals surface area contributed by atoms with Crippen molar-refractivity contribution < 1.29 is 24.2 Å². The lowest BCUT2D eigenvalue weighted by Crippen LogP contribution is -2.37. The van der Waals surface area contributed by atoms with Gasteiger partial charge < -0.3 is 19.9 Å². The molecule has 0 aromatic heterocycles. The number of benzene rings is 1. The van der Waals surface area contributed by atoms with E-state index < -0.39 is 12.1 Å². The second-order valence-electron chi connectivity index (χ2n) is 5.06. The summed E-state index contributed by atoms with van der Waals surface area (Å²) in [6.45, 7) is 4.45. The van der Waals surface area contributed by atoms with Crippen LogP contribution in [0.1, 0.15) is 24.0 Å². The molecule has 122 valence electrons. The average Bonchev–Trinajstić information content (AvgIpc) is 2.47. The fraction of sp³-hybridized carbons (Fsp3) is 0.500. The average molecular weight is 309 g/mol. The van der Waals surface area contributed by atoms with Gasteiger partial charge in [-0.1, -0.05) is 6.07 Å². The van der Waals surface area contributed by atoms with Crippen LogP contribution in [-0.4, -0.2) is 43.3 Å². The van der Waals surface area contributed by atoms with E-state index in [-0.39, 0.29) is 18.9 Å². The number of nitrogens with one attached hydrogen (secondary N) is 1. The molecule has 22 heavy (non-hydrogen) atoms. The van der Waals surface area contributed by atoms with E-state index in [0.717, 1.165) is 11.3 Å². The third kappa shape index (κ3) is 6.13. The quantitative estimate of drug-likeness (QED) is 0.678. The monoisotopic (exact) mass is 309 g/mol. The van der Waals surface area contributed by atoms with Crippen molar-refractivity contribution in [2.24, 2.45) is 0 Å². The second kappa shape index (κ2) is 9.04. The Morgan fingerprint density at radius 3 is 2.59 bits per heavy atom. The first-order chi connectivity index (χ1) is 10.4. The molecule has 0 spiro atoms. The number of carboxylic acid groups (broad SMARTS) is 1. The normalized spacial score (nSPS) is 11.8. The van der Waals surface area contributed by atoms with Gasteiger partial charge in [0.1, 0.15) is 5.75 Å². The van der Waals surface area contributed by atoms with Crippen molar-refractivity contribution >= 4 is 11.9 Å². The van der Waals surface area contributed by atoms with E-state index in [1.807, 2.05) is 32.0 Å². The molecule has 1 rings (SSSR count). The van der Waals surface area contributed by atoms with Gasteiger partial charge in [0.2, 0.25) is 5.91 Å². The molecular formula is C16H23NO5.